The molecule has 2 nitrogen and oxygen atoms in total. The monoisotopic (exact) mass is 784 g/mol. The van der Waals surface area contributed by atoms with Gasteiger partial charge in [-0.1, -0.05) is 194 Å². The van der Waals surface area contributed by atoms with Crippen molar-refractivity contribution in [2.24, 2.45) is 0 Å². The summed E-state index contributed by atoms with van der Waals surface area (Å²) in [5.74, 6) is 0. The largest absolute Gasteiger partial charge is 0.311 e. The first-order valence-electron chi connectivity index (χ1n) is 20.7. The molecule has 3 aliphatic heterocycles. The van der Waals surface area contributed by atoms with Gasteiger partial charge in [0.25, 0.3) is 0 Å². The van der Waals surface area contributed by atoms with Crippen molar-refractivity contribution < 1.29 is 0 Å². The van der Waals surface area contributed by atoms with Crippen molar-refractivity contribution >= 4 is 91.8 Å². The van der Waals surface area contributed by atoms with E-state index in [1.807, 2.05) is 0 Å². The lowest BCUT2D eigenvalue weighted by Gasteiger charge is -2.52. The summed E-state index contributed by atoms with van der Waals surface area (Å²) in [4.78, 5) is 5.17. The minimum Gasteiger partial charge on any atom is -0.311 e. The second-order valence-corrected chi connectivity index (χ2v) is 23.5. The molecule has 0 radical (unpaired) electrons. The first kappa shape index (κ1) is 34.1. The first-order chi connectivity index (χ1) is 29.3. The molecule has 0 fully saturated rings. The number of anilines is 6. The number of para-hydroxylation sites is 4. The van der Waals surface area contributed by atoms with Gasteiger partial charge >= 0.3 is 0 Å². The first-order valence-corrected chi connectivity index (χ1v) is 24.7. The minimum atomic E-state index is -3.04. The third-order valence-electron chi connectivity index (χ3n) is 13.2. The molecule has 9 aromatic carbocycles. The fourth-order valence-electron chi connectivity index (χ4n) is 10.9. The molecule has 3 heterocycles. The van der Waals surface area contributed by atoms with E-state index in [2.05, 4.69) is 240 Å². The lowest BCUT2D eigenvalue weighted by atomic mass is 9.95. The smallest absolute Gasteiger partial charge is 0.184 e. The summed E-state index contributed by atoms with van der Waals surface area (Å²) in [7, 11) is -5.90. The molecule has 0 saturated carbocycles. The third-order valence-corrected chi connectivity index (χ3v) is 22.8. The summed E-state index contributed by atoms with van der Waals surface area (Å²) in [5, 5.41) is 11.3. The van der Waals surface area contributed by atoms with Gasteiger partial charge in [0.1, 0.15) is 0 Å². The van der Waals surface area contributed by atoms with Crippen LogP contribution in [0.3, 0.4) is 0 Å². The zero-order chi connectivity index (χ0) is 39.0. The molecule has 0 saturated heterocycles. The Labute approximate surface area is 348 Å². The summed E-state index contributed by atoms with van der Waals surface area (Å²) < 4.78 is 0. The van der Waals surface area contributed by atoms with Crippen LogP contribution in [0.4, 0.5) is 34.1 Å². The maximum absolute atomic E-state index is 3.04. The van der Waals surface area contributed by atoms with E-state index in [0.717, 1.165) is 6.42 Å². The summed E-state index contributed by atoms with van der Waals surface area (Å²) in [6.07, 6.45) is 0.926. The maximum atomic E-state index is 2.66. The Morgan fingerprint density at radius 3 is 1.19 bits per heavy atom. The Morgan fingerprint density at radius 1 is 0.288 bits per heavy atom. The number of fused-ring (bicyclic) bond motifs is 6. The number of benzene rings is 9. The standard InChI is InChI=1S/C55H40N2Si2/c1-5-22-43(23-6-1)58(44-24-7-2-8-25-44)51-33-18-17-32-49(51)57-50-37-36-42(56-47-30-15-13-20-40(47)38-41-21-14-16-31-48(41)56)39-54(50)59(45-26-9-3-10-27-45,46-28-11-4-12-29-46)53-35-19-34-52(58)55(53)57/h1-37,39H,38H2. The van der Waals surface area contributed by atoms with Crippen LogP contribution in [0.1, 0.15) is 11.1 Å². The SMILES string of the molecule is c1ccc([Si]2(c3ccccc3)c3ccccc3N3c4ccc(N5c6ccccc6Cc6ccccc65)cc4[Si](c4ccccc4)(c4ccccc4)c4cccc2c43)cc1. The Bertz CT molecular complexity index is 2920. The van der Waals surface area contributed by atoms with Gasteiger partial charge in [-0.3, -0.25) is 0 Å². The van der Waals surface area contributed by atoms with E-state index in [1.165, 1.54) is 86.7 Å². The van der Waals surface area contributed by atoms with E-state index in [1.54, 1.807) is 0 Å². The molecule has 0 aliphatic carbocycles. The molecule has 4 heteroatoms. The van der Waals surface area contributed by atoms with Gasteiger partial charge in [0, 0.05) is 40.5 Å². The highest BCUT2D eigenvalue weighted by molar-refractivity contribution is 7.24. The highest BCUT2D eigenvalue weighted by atomic mass is 28.3. The van der Waals surface area contributed by atoms with Crippen molar-refractivity contribution in [1.29, 1.82) is 0 Å². The Hall–Kier alpha value is -6.99. The van der Waals surface area contributed by atoms with E-state index < -0.39 is 16.1 Å². The summed E-state index contributed by atoms with van der Waals surface area (Å²) in [6, 6.07) is 87.8. The molecule has 0 spiro atoms. The molecule has 59 heavy (non-hydrogen) atoms. The number of hydrogen-bond acceptors (Lipinski definition) is 2. The number of nitrogens with zero attached hydrogens (tertiary/aromatic N) is 2. The van der Waals surface area contributed by atoms with E-state index in [4.69, 9.17) is 0 Å². The predicted molar refractivity (Wildman–Crippen MR) is 253 cm³/mol. The lowest BCUT2D eigenvalue weighted by Crippen LogP contribution is -2.82. The fraction of sp³-hybridized carbons (Fsp3) is 0.0182. The topological polar surface area (TPSA) is 6.48 Å². The van der Waals surface area contributed by atoms with Crippen LogP contribution in [-0.2, 0) is 6.42 Å². The summed E-state index contributed by atoms with van der Waals surface area (Å²) in [5.41, 5.74) is 10.3. The van der Waals surface area contributed by atoms with Crippen molar-refractivity contribution in [3.05, 3.63) is 242 Å². The van der Waals surface area contributed by atoms with Gasteiger partial charge in [0.2, 0.25) is 0 Å². The molecule has 278 valence electrons. The van der Waals surface area contributed by atoms with E-state index in [0.29, 0.717) is 0 Å². The molecule has 0 aromatic heterocycles. The maximum Gasteiger partial charge on any atom is 0.184 e. The van der Waals surface area contributed by atoms with Gasteiger partial charge < -0.3 is 9.80 Å². The Balaban J connectivity index is 1.24. The number of rotatable bonds is 5. The zero-order valence-electron chi connectivity index (χ0n) is 32.5. The zero-order valence-corrected chi connectivity index (χ0v) is 34.5. The summed E-state index contributed by atoms with van der Waals surface area (Å²) in [6.45, 7) is 0. The predicted octanol–water partition coefficient (Wildman–Crippen LogP) is 7.91. The van der Waals surface area contributed by atoms with Gasteiger partial charge in [-0.2, -0.15) is 0 Å². The van der Waals surface area contributed by atoms with Crippen molar-refractivity contribution in [3.63, 3.8) is 0 Å². The number of hydrogen-bond donors (Lipinski definition) is 0. The van der Waals surface area contributed by atoms with Gasteiger partial charge in [0.15, 0.2) is 16.1 Å². The Morgan fingerprint density at radius 2 is 0.678 bits per heavy atom. The Kier molecular flexibility index (Phi) is 7.67. The second-order valence-electron chi connectivity index (χ2n) is 16.0. The average Bonchev–Trinajstić information content (AvgIpc) is 3.32. The molecular formula is C55H40N2Si2. The molecule has 9 aromatic rings. The van der Waals surface area contributed by atoms with Crippen molar-refractivity contribution in [2.45, 2.75) is 6.42 Å². The van der Waals surface area contributed by atoms with E-state index in [-0.39, 0.29) is 0 Å². The minimum absolute atomic E-state index is 0.926. The van der Waals surface area contributed by atoms with Crippen molar-refractivity contribution in [1.82, 2.24) is 0 Å². The van der Waals surface area contributed by atoms with Crippen LogP contribution in [0.2, 0.25) is 0 Å². The van der Waals surface area contributed by atoms with Gasteiger partial charge in [0.05, 0.1) is 0 Å². The van der Waals surface area contributed by atoms with Crippen molar-refractivity contribution in [3.8, 4) is 0 Å². The molecular weight excluding hydrogens is 745 g/mol. The second kappa shape index (κ2) is 13.3. The normalized spacial score (nSPS) is 14.9. The van der Waals surface area contributed by atoms with Crippen LogP contribution in [0.5, 0.6) is 0 Å². The van der Waals surface area contributed by atoms with Gasteiger partial charge in [-0.15, -0.1) is 0 Å². The van der Waals surface area contributed by atoms with Crippen LogP contribution >= 0.6 is 0 Å². The molecule has 3 aliphatic rings. The van der Waals surface area contributed by atoms with Crippen LogP contribution in [0, 0.1) is 0 Å². The molecule has 12 rings (SSSR count). The van der Waals surface area contributed by atoms with Crippen LogP contribution < -0.4 is 51.3 Å². The average molecular weight is 785 g/mol. The molecule has 0 unspecified atom stereocenters. The quantitative estimate of drug-likeness (QED) is 0.164. The van der Waals surface area contributed by atoms with Gasteiger partial charge in [-0.25, -0.2) is 0 Å². The van der Waals surface area contributed by atoms with E-state index >= 15 is 0 Å². The molecule has 0 atom stereocenters. The fourth-order valence-corrected chi connectivity index (χ4v) is 21.3. The highest BCUT2D eigenvalue weighted by Gasteiger charge is 2.56. The van der Waals surface area contributed by atoms with Crippen LogP contribution in [0.15, 0.2) is 231 Å². The van der Waals surface area contributed by atoms with Gasteiger partial charge in [-0.05, 0) is 89.0 Å². The van der Waals surface area contributed by atoms with E-state index in [9.17, 15) is 0 Å². The molecule has 0 N–H and O–H groups in total. The highest BCUT2D eigenvalue weighted by Crippen LogP contribution is 2.46. The van der Waals surface area contributed by atoms with Crippen LogP contribution in [0.25, 0.3) is 0 Å². The summed E-state index contributed by atoms with van der Waals surface area (Å²) >= 11 is 0. The molecule has 0 bridgehead atoms. The van der Waals surface area contributed by atoms with Crippen LogP contribution in [-0.4, -0.2) is 16.1 Å². The lowest BCUT2D eigenvalue weighted by molar-refractivity contribution is 1.09. The third kappa shape index (κ3) is 4.73. The van der Waals surface area contributed by atoms with Crippen molar-refractivity contribution in [2.75, 3.05) is 9.80 Å². The molecule has 0 amide bonds.